The summed E-state index contributed by atoms with van der Waals surface area (Å²) in [7, 11) is 0. The summed E-state index contributed by atoms with van der Waals surface area (Å²) in [5.41, 5.74) is 0. The standard InChI is InChI=1S/C9H17N3O2/c1-7(13)11-4-5-12-9(14)8-2-3-10-6-8/h8,10H,2-6H2,1H3,(H,11,13)(H,12,14). The molecule has 0 aromatic heterocycles. The van der Waals surface area contributed by atoms with E-state index in [1.54, 1.807) is 0 Å². The van der Waals surface area contributed by atoms with Crippen molar-refractivity contribution in [1.29, 1.82) is 0 Å². The molecule has 3 N–H and O–H groups in total. The summed E-state index contributed by atoms with van der Waals surface area (Å²) in [4.78, 5) is 21.9. The molecule has 1 saturated heterocycles. The second kappa shape index (κ2) is 5.59. The molecule has 0 bridgehead atoms. The van der Waals surface area contributed by atoms with Crippen LogP contribution in [-0.4, -0.2) is 38.0 Å². The van der Waals surface area contributed by atoms with Crippen LogP contribution in [0.25, 0.3) is 0 Å². The van der Waals surface area contributed by atoms with E-state index in [0.29, 0.717) is 13.1 Å². The van der Waals surface area contributed by atoms with Gasteiger partial charge in [0.2, 0.25) is 11.8 Å². The third-order valence-electron chi connectivity index (χ3n) is 2.23. The second-order valence-electron chi connectivity index (χ2n) is 3.46. The van der Waals surface area contributed by atoms with Crippen molar-refractivity contribution >= 4 is 11.8 Å². The van der Waals surface area contributed by atoms with Crippen LogP contribution < -0.4 is 16.0 Å². The van der Waals surface area contributed by atoms with Crippen LogP contribution >= 0.6 is 0 Å². The Kier molecular flexibility index (Phi) is 4.39. The molecular weight excluding hydrogens is 182 g/mol. The van der Waals surface area contributed by atoms with E-state index in [1.165, 1.54) is 6.92 Å². The highest BCUT2D eigenvalue weighted by atomic mass is 16.2. The number of hydrogen-bond acceptors (Lipinski definition) is 3. The molecule has 5 nitrogen and oxygen atoms in total. The number of carbonyl (C=O) groups excluding carboxylic acids is 2. The van der Waals surface area contributed by atoms with E-state index in [1.807, 2.05) is 0 Å². The molecule has 0 aromatic rings. The van der Waals surface area contributed by atoms with Crippen molar-refractivity contribution in [3.8, 4) is 0 Å². The lowest BCUT2D eigenvalue weighted by molar-refractivity contribution is -0.124. The van der Waals surface area contributed by atoms with E-state index in [0.717, 1.165) is 19.5 Å². The van der Waals surface area contributed by atoms with Gasteiger partial charge in [-0.2, -0.15) is 0 Å². The monoisotopic (exact) mass is 199 g/mol. The summed E-state index contributed by atoms with van der Waals surface area (Å²) in [5.74, 6) is 0.120. The fraction of sp³-hybridized carbons (Fsp3) is 0.778. The molecule has 1 atom stereocenters. The number of amides is 2. The summed E-state index contributed by atoms with van der Waals surface area (Å²) in [6.07, 6.45) is 0.909. The Morgan fingerprint density at radius 2 is 2.07 bits per heavy atom. The van der Waals surface area contributed by atoms with Crippen molar-refractivity contribution in [2.45, 2.75) is 13.3 Å². The molecule has 1 unspecified atom stereocenters. The van der Waals surface area contributed by atoms with Gasteiger partial charge in [-0.05, 0) is 13.0 Å². The molecule has 0 saturated carbocycles. The highest BCUT2D eigenvalue weighted by molar-refractivity contribution is 5.79. The van der Waals surface area contributed by atoms with E-state index in [4.69, 9.17) is 0 Å². The molecule has 0 radical (unpaired) electrons. The van der Waals surface area contributed by atoms with Crippen molar-refractivity contribution in [3.63, 3.8) is 0 Å². The van der Waals surface area contributed by atoms with E-state index in [-0.39, 0.29) is 17.7 Å². The van der Waals surface area contributed by atoms with Gasteiger partial charge in [0.25, 0.3) is 0 Å². The average Bonchev–Trinajstić information content (AvgIpc) is 2.64. The van der Waals surface area contributed by atoms with Gasteiger partial charge < -0.3 is 16.0 Å². The molecule has 1 aliphatic rings. The van der Waals surface area contributed by atoms with Gasteiger partial charge in [-0.3, -0.25) is 9.59 Å². The fourth-order valence-electron chi connectivity index (χ4n) is 1.45. The highest BCUT2D eigenvalue weighted by Gasteiger charge is 2.21. The number of nitrogens with one attached hydrogen (secondary N) is 3. The molecular formula is C9H17N3O2. The van der Waals surface area contributed by atoms with Crippen LogP contribution in [0.15, 0.2) is 0 Å². The van der Waals surface area contributed by atoms with Gasteiger partial charge in [0, 0.05) is 26.6 Å². The normalized spacial score (nSPS) is 20.5. The summed E-state index contributed by atoms with van der Waals surface area (Å²) < 4.78 is 0. The van der Waals surface area contributed by atoms with E-state index < -0.39 is 0 Å². The molecule has 0 aliphatic carbocycles. The van der Waals surface area contributed by atoms with E-state index >= 15 is 0 Å². The predicted molar refractivity (Wildman–Crippen MR) is 52.7 cm³/mol. The van der Waals surface area contributed by atoms with Crippen LogP contribution in [0.4, 0.5) is 0 Å². The summed E-state index contributed by atoms with van der Waals surface area (Å²) in [5, 5.41) is 8.54. The van der Waals surface area contributed by atoms with Gasteiger partial charge in [-0.1, -0.05) is 0 Å². The van der Waals surface area contributed by atoms with Crippen LogP contribution in [0.1, 0.15) is 13.3 Å². The van der Waals surface area contributed by atoms with Gasteiger partial charge in [0.15, 0.2) is 0 Å². The summed E-state index contributed by atoms with van der Waals surface area (Å²) in [6, 6.07) is 0. The molecule has 80 valence electrons. The van der Waals surface area contributed by atoms with E-state index in [2.05, 4.69) is 16.0 Å². The maximum absolute atomic E-state index is 11.4. The molecule has 2 amide bonds. The van der Waals surface area contributed by atoms with Gasteiger partial charge in [0.05, 0.1) is 5.92 Å². The third-order valence-corrected chi connectivity index (χ3v) is 2.23. The van der Waals surface area contributed by atoms with Crippen molar-refractivity contribution in [2.24, 2.45) is 5.92 Å². The number of carbonyl (C=O) groups is 2. The van der Waals surface area contributed by atoms with Crippen molar-refractivity contribution in [3.05, 3.63) is 0 Å². The first kappa shape index (κ1) is 11.0. The van der Waals surface area contributed by atoms with Crippen molar-refractivity contribution in [1.82, 2.24) is 16.0 Å². The first-order valence-corrected chi connectivity index (χ1v) is 4.93. The molecule has 1 aliphatic heterocycles. The van der Waals surface area contributed by atoms with Crippen molar-refractivity contribution in [2.75, 3.05) is 26.2 Å². The van der Waals surface area contributed by atoms with Crippen LogP contribution in [0.5, 0.6) is 0 Å². The van der Waals surface area contributed by atoms with E-state index in [9.17, 15) is 9.59 Å². The third kappa shape index (κ3) is 3.74. The minimum absolute atomic E-state index is 0.0678. The summed E-state index contributed by atoms with van der Waals surface area (Å²) in [6.45, 7) is 4.16. The Balaban J connectivity index is 2.05. The maximum atomic E-state index is 11.4. The van der Waals surface area contributed by atoms with Crippen molar-refractivity contribution < 1.29 is 9.59 Å². The molecule has 5 heteroatoms. The lowest BCUT2D eigenvalue weighted by atomic mass is 10.1. The van der Waals surface area contributed by atoms with Crippen LogP contribution in [0.3, 0.4) is 0 Å². The highest BCUT2D eigenvalue weighted by Crippen LogP contribution is 2.06. The lowest BCUT2D eigenvalue weighted by Gasteiger charge is -2.09. The maximum Gasteiger partial charge on any atom is 0.224 e. The number of rotatable bonds is 4. The SMILES string of the molecule is CC(=O)NCCNC(=O)C1CCNC1. The molecule has 1 rings (SSSR count). The Bertz CT molecular complexity index is 212. The quantitative estimate of drug-likeness (QED) is 0.501. The fourth-order valence-corrected chi connectivity index (χ4v) is 1.45. The second-order valence-corrected chi connectivity index (χ2v) is 3.46. The first-order valence-electron chi connectivity index (χ1n) is 4.93. The minimum atomic E-state index is -0.0678. The van der Waals surface area contributed by atoms with Gasteiger partial charge in [-0.15, -0.1) is 0 Å². The van der Waals surface area contributed by atoms with Crippen LogP contribution in [-0.2, 0) is 9.59 Å². The van der Waals surface area contributed by atoms with Gasteiger partial charge in [0.1, 0.15) is 0 Å². The van der Waals surface area contributed by atoms with Gasteiger partial charge >= 0.3 is 0 Å². The summed E-state index contributed by atoms with van der Waals surface area (Å²) >= 11 is 0. The lowest BCUT2D eigenvalue weighted by Crippen LogP contribution is -2.37. The zero-order chi connectivity index (χ0) is 10.4. The largest absolute Gasteiger partial charge is 0.355 e. The molecule has 14 heavy (non-hydrogen) atoms. The first-order chi connectivity index (χ1) is 6.70. The zero-order valence-electron chi connectivity index (χ0n) is 8.43. The van der Waals surface area contributed by atoms with Crippen LogP contribution in [0.2, 0.25) is 0 Å². The molecule has 0 aromatic carbocycles. The molecule has 1 heterocycles. The number of hydrogen-bond donors (Lipinski definition) is 3. The van der Waals surface area contributed by atoms with Crippen LogP contribution in [0, 0.1) is 5.92 Å². The minimum Gasteiger partial charge on any atom is -0.355 e. The Morgan fingerprint density at radius 1 is 1.36 bits per heavy atom. The predicted octanol–water partition coefficient (Wildman–Crippen LogP) is -1.15. The molecule has 0 spiro atoms. The van der Waals surface area contributed by atoms with Gasteiger partial charge in [-0.25, -0.2) is 0 Å². The Labute approximate surface area is 83.6 Å². The Morgan fingerprint density at radius 3 is 2.64 bits per heavy atom. The topological polar surface area (TPSA) is 70.2 Å². The smallest absolute Gasteiger partial charge is 0.224 e. The molecule has 1 fully saturated rings. The average molecular weight is 199 g/mol. The Hall–Kier alpha value is -1.10. The zero-order valence-corrected chi connectivity index (χ0v) is 8.43.